The van der Waals surface area contributed by atoms with Crippen LogP contribution in [0.15, 0.2) is 47.5 Å². The first-order valence-corrected chi connectivity index (χ1v) is 6.99. The molecule has 2 aromatic carbocycles. The highest BCUT2D eigenvalue weighted by molar-refractivity contribution is 5.97. The van der Waals surface area contributed by atoms with Gasteiger partial charge >= 0.3 is 0 Å². The Morgan fingerprint density at radius 2 is 1.75 bits per heavy atom. The topological polar surface area (TPSA) is 82.9 Å². The molecule has 0 heterocycles. The zero-order valence-corrected chi connectivity index (χ0v) is 15.3. The van der Waals surface area contributed by atoms with Crippen molar-refractivity contribution in [2.75, 3.05) is 14.2 Å². The molecule has 0 radical (unpaired) electrons. The highest BCUT2D eigenvalue weighted by Crippen LogP contribution is 2.22. The lowest BCUT2D eigenvalue weighted by Gasteiger charge is -2.12. The molecule has 4 N–H and O–H groups in total. The van der Waals surface area contributed by atoms with E-state index in [1.54, 1.807) is 14.2 Å². The van der Waals surface area contributed by atoms with Crippen LogP contribution in [-0.4, -0.2) is 20.0 Å². The van der Waals surface area contributed by atoms with E-state index in [1.165, 1.54) is 0 Å². The van der Waals surface area contributed by atoms with Crippen molar-refractivity contribution in [1.82, 2.24) is 0 Å². The van der Waals surface area contributed by atoms with Gasteiger partial charge in [0.1, 0.15) is 23.9 Å². The van der Waals surface area contributed by atoms with Crippen molar-refractivity contribution in [1.29, 1.82) is 0 Å². The zero-order valence-electron chi connectivity index (χ0n) is 13.7. The molecule has 0 unspecified atom stereocenters. The first-order valence-electron chi connectivity index (χ1n) is 6.99. The van der Waals surface area contributed by atoms with Crippen LogP contribution < -0.4 is 20.9 Å². The molecule has 0 saturated heterocycles. The average Bonchev–Trinajstić information content (AvgIpc) is 2.59. The number of hydrogen-bond donors (Lipinski definition) is 2. The van der Waals surface area contributed by atoms with Crippen LogP contribution in [0.25, 0.3) is 0 Å². The van der Waals surface area contributed by atoms with Gasteiger partial charge in [0.25, 0.3) is 0 Å². The Labute approximate surface area is 154 Å². The number of ether oxygens (including phenoxy) is 2. The van der Waals surface area contributed by atoms with E-state index >= 15 is 0 Å². The summed E-state index contributed by atoms with van der Waals surface area (Å²) in [6.45, 7) is 0.907. The molecule has 7 heteroatoms. The molecule has 0 spiro atoms. The van der Waals surface area contributed by atoms with E-state index in [0.717, 1.165) is 28.2 Å². The Morgan fingerprint density at radius 3 is 2.29 bits per heavy atom. The van der Waals surface area contributed by atoms with Crippen molar-refractivity contribution < 1.29 is 9.47 Å². The number of nitrogens with zero attached hydrogens (tertiary/aromatic N) is 1. The monoisotopic (exact) mass is 371 g/mol. The number of amidine groups is 1. The third-order valence-corrected chi connectivity index (χ3v) is 3.37. The smallest absolute Gasteiger partial charge is 0.125 e. The SMILES string of the molecule is CN=C(N)c1ccc(OCc2ccc(CN)cc2OC)cc1.Cl.Cl. The molecule has 0 aromatic heterocycles. The van der Waals surface area contributed by atoms with E-state index < -0.39 is 0 Å². The van der Waals surface area contributed by atoms with Gasteiger partial charge in [-0.25, -0.2) is 0 Å². The first kappa shape index (κ1) is 22.1. The summed E-state index contributed by atoms with van der Waals surface area (Å²) in [5, 5.41) is 0. The largest absolute Gasteiger partial charge is 0.496 e. The molecular weight excluding hydrogens is 349 g/mol. The predicted molar refractivity (Wildman–Crippen MR) is 103 cm³/mol. The van der Waals surface area contributed by atoms with Gasteiger partial charge in [-0.2, -0.15) is 0 Å². The van der Waals surface area contributed by atoms with Crippen LogP contribution in [0.4, 0.5) is 0 Å². The van der Waals surface area contributed by atoms with Gasteiger partial charge in [-0.05, 0) is 35.9 Å². The van der Waals surface area contributed by atoms with Crippen LogP contribution in [0, 0.1) is 0 Å². The van der Waals surface area contributed by atoms with Crippen molar-refractivity contribution in [3.05, 3.63) is 59.2 Å². The predicted octanol–water partition coefficient (Wildman–Crippen LogP) is 2.91. The van der Waals surface area contributed by atoms with Gasteiger partial charge in [-0.3, -0.25) is 4.99 Å². The van der Waals surface area contributed by atoms with Crippen LogP contribution in [0.5, 0.6) is 11.5 Å². The minimum absolute atomic E-state index is 0. The molecule has 0 aliphatic heterocycles. The number of halogens is 2. The highest BCUT2D eigenvalue weighted by Gasteiger charge is 2.05. The summed E-state index contributed by atoms with van der Waals surface area (Å²) in [6, 6.07) is 13.4. The maximum atomic E-state index is 5.78. The fourth-order valence-electron chi connectivity index (χ4n) is 2.05. The molecule has 0 atom stereocenters. The second kappa shape index (κ2) is 10.8. The first-order chi connectivity index (χ1) is 10.7. The molecule has 0 bridgehead atoms. The summed E-state index contributed by atoms with van der Waals surface area (Å²) >= 11 is 0. The Kier molecular flexibility index (Phi) is 9.88. The lowest BCUT2D eigenvalue weighted by atomic mass is 10.1. The minimum Gasteiger partial charge on any atom is -0.496 e. The summed E-state index contributed by atoms with van der Waals surface area (Å²) < 4.78 is 11.2. The van der Waals surface area contributed by atoms with Gasteiger partial charge in [0.15, 0.2) is 0 Å². The van der Waals surface area contributed by atoms with Crippen LogP contribution in [0.1, 0.15) is 16.7 Å². The fourth-order valence-corrected chi connectivity index (χ4v) is 2.05. The van der Waals surface area contributed by atoms with Gasteiger partial charge in [0, 0.05) is 24.7 Å². The second-order valence-corrected chi connectivity index (χ2v) is 4.77. The Hall–Kier alpha value is -1.95. The molecule has 132 valence electrons. The van der Waals surface area contributed by atoms with Crippen LogP contribution in [0.3, 0.4) is 0 Å². The molecule has 0 aliphatic carbocycles. The standard InChI is InChI=1S/C17H21N3O2.2ClH/c1-20-17(19)13-5-7-15(8-6-13)22-11-14-4-3-12(10-18)9-16(14)21-2;;/h3-9H,10-11,18H2,1-2H3,(H2,19,20);2*1H. The van der Waals surface area contributed by atoms with Gasteiger partial charge < -0.3 is 20.9 Å². The Morgan fingerprint density at radius 1 is 1.08 bits per heavy atom. The van der Waals surface area contributed by atoms with Gasteiger partial charge in [0.05, 0.1) is 7.11 Å². The van der Waals surface area contributed by atoms with Crippen LogP contribution in [0.2, 0.25) is 0 Å². The normalized spacial score (nSPS) is 10.4. The Balaban J connectivity index is 0.00000264. The van der Waals surface area contributed by atoms with Crippen LogP contribution >= 0.6 is 24.8 Å². The maximum absolute atomic E-state index is 5.78. The van der Waals surface area contributed by atoms with Crippen molar-refractivity contribution in [3.8, 4) is 11.5 Å². The van der Waals surface area contributed by atoms with Gasteiger partial charge in [0.2, 0.25) is 0 Å². The number of aliphatic imine (C=N–C) groups is 1. The fraction of sp³-hybridized carbons (Fsp3) is 0.235. The van der Waals surface area contributed by atoms with Crippen molar-refractivity contribution in [3.63, 3.8) is 0 Å². The third-order valence-electron chi connectivity index (χ3n) is 3.37. The Bertz CT molecular complexity index is 661. The number of benzene rings is 2. The molecule has 5 nitrogen and oxygen atoms in total. The van der Waals surface area contributed by atoms with E-state index in [-0.39, 0.29) is 24.8 Å². The third kappa shape index (κ3) is 5.60. The van der Waals surface area contributed by atoms with E-state index in [2.05, 4.69) is 4.99 Å². The summed E-state index contributed by atoms with van der Waals surface area (Å²) in [7, 11) is 3.30. The van der Waals surface area contributed by atoms with Crippen molar-refractivity contribution in [2.45, 2.75) is 13.2 Å². The van der Waals surface area contributed by atoms with E-state index in [0.29, 0.717) is 19.0 Å². The number of nitrogens with two attached hydrogens (primary N) is 2. The average molecular weight is 372 g/mol. The summed E-state index contributed by atoms with van der Waals surface area (Å²) in [5.74, 6) is 2.05. The minimum atomic E-state index is 0. The van der Waals surface area contributed by atoms with E-state index in [4.69, 9.17) is 20.9 Å². The number of rotatable bonds is 6. The van der Waals surface area contributed by atoms with Crippen molar-refractivity contribution >= 4 is 30.6 Å². The molecule has 0 amide bonds. The lowest BCUT2D eigenvalue weighted by Crippen LogP contribution is -2.12. The molecule has 2 rings (SSSR count). The highest BCUT2D eigenvalue weighted by atomic mass is 35.5. The zero-order chi connectivity index (χ0) is 15.9. The summed E-state index contributed by atoms with van der Waals surface area (Å²) in [4.78, 5) is 3.95. The van der Waals surface area contributed by atoms with Crippen LogP contribution in [-0.2, 0) is 13.2 Å². The summed E-state index contributed by atoms with van der Waals surface area (Å²) in [5.41, 5.74) is 14.3. The number of methoxy groups -OCH3 is 1. The molecule has 0 fully saturated rings. The molecule has 24 heavy (non-hydrogen) atoms. The maximum Gasteiger partial charge on any atom is 0.125 e. The van der Waals surface area contributed by atoms with Gasteiger partial charge in [-0.1, -0.05) is 12.1 Å². The van der Waals surface area contributed by atoms with Crippen molar-refractivity contribution in [2.24, 2.45) is 16.5 Å². The molecule has 0 aliphatic rings. The van der Waals surface area contributed by atoms with E-state index in [1.807, 2.05) is 42.5 Å². The second-order valence-electron chi connectivity index (χ2n) is 4.77. The molecule has 0 saturated carbocycles. The molecule has 2 aromatic rings. The lowest BCUT2D eigenvalue weighted by molar-refractivity contribution is 0.296. The van der Waals surface area contributed by atoms with Gasteiger partial charge in [-0.15, -0.1) is 24.8 Å². The number of hydrogen-bond acceptors (Lipinski definition) is 4. The quantitative estimate of drug-likeness (QED) is 0.603. The molecular formula is C17H23Cl2N3O2. The van der Waals surface area contributed by atoms with E-state index in [9.17, 15) is 0 Å². The summed E-state index contributed by atoms with van der Waals surface area (Å²) in [6.07, 6.45) is 0.